The molecule has 0 aromatic heterocycles. The number of carbonyl (C=O) groups excluding carboxylic acids is 1. The lowest BCUT2D eigenvalue weighted by Gasteiger charge is -2.11. The number of hydrogen-bond donors (Lipinski definition) is 2. The van der Waals surface area contributed by atoms with Crippen LogP contribution < -0.4 is 14.8 Å². The summed E-state index contributed by atoms with van der Waals surface area (Å²) in [5.74, 6) is -2.38. The van der Waals surface area contributed by atoms with Gasteiger partial charge in [0.15, 0.2) is 11.6 Å². The molecule has 0 spiro atoms. The molecule has 0 aliphatic rings. The molecule has 3 aromatic carbocycles. The lowest BCUT2D eigenvalue weighted by atomic mass is 10.2. The Morgan fingerprint density at radius 2 is 1.55 bits per heavy atom. The number of amides is 1. The van der Waals surface area contributed by atoms with Crippen molar-refractivity contribution in [2.75, 3.05) is 17.1 Å². The summed E-state index contributed by atoms with van der Waals surface area (Å²) in [6.07, 6.45) is 0. The first-order chi connectivity index (χ1) is 13.8. The lowest BCUT2D eigenvalue weighted by molar-refractivity contribution is 0.102. The Bertz CT molecular complexity index is 1150. The third-order valence-corrected chi connectivity index (χ3v) is 5.33. The first-order valence-electron chi connectivity index (χ1n) is 8.32. The molecule has 1 amide bonds. The van der Waals surface area contributed by atoms with Crippen molar-refractivity contribution < 1.29 is 26.7 Å². The van der Waals surface area contributed by atoms with Crippen LogP contribution in [-0.2, 0) is 10.0 Å². The number of methoxy groups -OCH3 is 1. The van der Waals surface area contributed by atoms with Gasteiger partial charge >= 0.3 is 0 Å². The molecule has 3 aromatic rings. The molecule has 0 saturated carbocycles. The smallest absolute Gasteiger partial charge is 0.261 e. The number of halogens is 2. The topological polar surface area (TPSA) is 84.5 Å². The van der Waals surface area contributed by atoms with E-state index in [1.165, 1.54) is 31.4 Å². The predicted octanol–water partition coefficient (Wildman–Crippen LogP) is 4.03. The fourth-order valence-corrected chi connectivity index (χ4v) is 3.58. The van der Waals surface area contributed by atoms with Gasteiger partial charge in [0, 0.05) is 11.4 Å². The standard InChI is InChI=1S/C20H16F2N2O4S/c1-28-19-5-3-2-4-16(19)20(25)23-13-6-8-14(9-7-13)24-29(26,27)15-10-11-17(21)18(22)12-15/h2-12,24H,1H3,(H,23,25). The van der Waals surface area contributed by atoms with Crippen LogP contribution in [-0.4, -0.2) is 21.4 Å². The quantitative estimate of drug-likeness (QED) is 0.633. The van der Waals surface area contributed by atoms with Crippen LogP contribution in [0.25, 0.3) is 0 Å². The normalized spacial score (nSPS) is 11.0. The average Bonchev–Trinajstić information content (AvgIpc) is 2.71. The highest BCUT2D eigenvalue weighted by Gasteiger charge is 2.17. The summed E-state index contributed by atoms with van der Waals surface area (Å²) in [6.45, 7) is 0. The Labute approximate surface area is 166 Å². The van der Waals surface area contributed by atoms with Crippen molar-refractivity contribution in [2.45, 2.75) is 4.90 Å². The molecule has 0 aliphatic heterocycles. The fraction of sp³-hybridized carbons (Fsp3) is 0.0500. The zero-order chi connectivity index (χ0) is 21.0. The van der Waals surface area contributed by atoms with Crippen LogP contribution in [0.5, 0.6) is 5.75 Å². The van der Waals surface area contributed by atoms with E-state index in [1.54, 1.807) is 24.3 Å². The number of hydrogen-bond acceptors (Lipinski definition) is 4. The Morgan fingerprint density at radius 1 is 0.897 bits per heavy atom. The first kappa shape index (κ1) is 20.3. The third-order valence-electron chi connectivity index (χ3n) is 3.95. The highest BCUT2D eigenvalue weighted by Crippen LogP contribution is 2.22. The van der Waals surface area contributed by atoms with E-state index in [0.717, 1.165) is 12.1 Å². The second-order valence-corrected chi connectivity index (χ2v) is 7.60. The van der Waals surface area contributed by atoms with Gasteiger partial charge in [0.1, 0.15) is 5.75 Å². The molecule has 0 heterocycles. The van der Waals surface area contributed by atoms with Crippen molar-refractivity contribution in [3.05, 3.63) is 83.9 Å². The van der Waals surface area contributed by atoms with E-state index in [2.05, 4.69) is 10.0 Å². The lowest BCUT2D eigenvalue weighted by Crippen LogP contribution is -2.14. The summed E-state index contributed by atoms with van der Waals surface area (Å²) < 4.78 is 58.3. The van der Waals surface area contributed by atoms with Crippen LogP contribution in [0.1, 0.15) is 10.4 Å². The summed E-state index contributed by atoms with van der Waals surface area (Å²) in [5.41, 5.74) is 0.958. The summed E-state index contributed by atoms with van der Waals surface area (Å²) in [7, 11) is -2.64. The van der Waals surface area contributed by atoms with Crippen LogP contribution >= 0.6 is 0 Å². The molecule has 0 fully saturated rings. The Morgan fingerprint density at radius 3 is 2.21 bits per heavy atom. The monoisotopic (exact) mass is 418 g/mol. The SMILES string of the molecule is COc1ccccc1C(=O)Nc1ccc(NS(=O)(=O)c2ccc(F)c(F)c2)cc1. The number of nitrogens with one attached hydrogen (secondary N) is 2. The zero-order valence-corrected chi connectivity index (χ0v) is 16.0. The highest BCUT2D eigenvalue weighted by molar-refractivity contribution is 7.92. The molecule has 2 N–H and O–H groups in total. The molecule has 0 aliphatic carbocycles. The molecule has 3 rings (SSSR count). The van der Waals surface area contributed by atoms with E-state index in [1.807, 2.05) is 0 Å². The van der Waals surface area contributed by atoms with Gasteiger partial charge < -0.3 is 10.1 Å². The number of rotatable bonds is 6. The third kappa shape index (κ3) is 4.69. The summed E-state index contributed by atoms with van der Waals surface area (Å²) in [5, 5.41) is 2.68. The second kappa shape index (κ2) is 8.27. The minimum absolute atomic E-state index is 0.185. The Hall–Kier alpha value is -3.46. The number of para-hydroxylation sites is 1. The molecule has 6 nitrogen and oxygen atoms in total. The van der Waals surface area contributed by atoms with Gasteiger partial charge in [-0.3, -0.25) is 9.52 Å². The largest absolute Gasteiger partial charge is 0.496 e. The highest BCUT2D eigenvalue weighted by atomic mass is 32.2. The molecule has 0 radical (unpaired) electrons. The number of sulfonamides is 1. The van der Waals surface area contributed by atoms with Crippen molar-refractivity contribution in [1.29, 1.82) is 0 Å². The van der Waals surface area contributed by atoms with Gasteiger partial charge in [0.05, 0.1) is 17.6 Å². The number of carbonyl (C=O) groups is 1. The fourth-order valence-electron chi connectivity index (χ4n) is 2.51. The average molecular weight is 418 g/mol. The van der Waals surface area contributed by atoms with E-state index in [0.29, 0.717) is 23.1 Å². The maximum atomic E-state index is 13.3. The van der Waals surface area contributed by atoms with Crippen LogP contribution in [0.15, 0.2) is 71.6 Å². The molecule has 0 saturated heterocycles. The van der Waals surface area contributed by atoms with Gasteiger partial charge in [-0.2, -0.15) is 0 Å². The molecule has 150 valence electrons. The molecule has 9 heteroatoms. The van der Waals surface area contributed by atoms with Gasteiger partial charge in [-0.15, -0.1) is 0 Å². The van der Waals surface area contributed by atoms with E-state index in [-0.39, 0.29) is 5.69 Å². The van der Waals surface area contributed by atoms with Gasteiger partial charge in [-0.1, -0.05) is 12.1 Å². The van der Waals surface area contributed by atoms with E-state index >= 15 is 0 Å². The number of anilines is 2. The zero-order valence-electron chi connectivity index (χ0n) is 15.1. The number of benzene rings is 3. The maximum Gasteiger partial charge on any atom is 0.261 e. The van der Waals surface area contributed by atoms with E-state index < -0.39 is 32.5 Å². The van der Waals surface area contributed by atoms with Crippen molar-refractivity contribution in [1.82, 2.24) is 0 Å². The Kier molecular flexibility index (Phi) is 5.79. The van der Waals surface area contributed by atoms with Crippen molar-refractivity contribution in [3.63, 3.8) is 0 Å². The van der Waals surface area contributed by atoms with Crippen molar-refractivity contribution in [2.24, 2.45) is 0 Å². The summed E-state index contributed by atoms with van der Waals surface area (Å²) >= 11 is 0. The van der Waals surface area contributed by atoms with E-state index in [4.69, 9.17) is 4.74 Å². The summed E-state index contributed by atoms with van der Waals surface area (Å²) in [4.78, 5) is 12.0. The second-order valence-electron chi connectivity index (χ2n) is 5.91. The number of ether oxygens (including phenoxy) is 1. The van der Waals surface area contributed by atoms with Crippen LogP contribution in [0.3, 0.4) is 0 Å². The maximum absolute atomic E-state index is 13.3. The summed E-state index contributed by atoms with van der Waals surface area (Å²) in [6, 6.07) is 14.8. The van der Waals surface area contributed by atoms with Crippen molar-refractivity contribution >= 4 is 27.3 Å². The molecular formula is C20H16F2N2O4S. The van der Waals surface area contributed by atoms with Gasteiger partial charge in [-0.25, -0.2) is 17.2 Å². The molecule has 0 atom stereocenters. The van der Waals surface area contributed by atoms with Crippen molar-refractivity contribution in [3.8, 4) is 5.75 Å². The first-order valence-corrected chi connectivity index (χ1v) is 9.81. The Balaban J connectivity index is 1.73. The molecule has 29 heavy (non-hydrogen) atoms. The van der Waals surface area contributed by atoms with Crippen LogP contribution in [0.4, 0.5) is 20.2 Å². The predicted molar refractivity (Wildman–Crippen MR) is 105 cm³/mol. The molecule has 0 bridgehead atoms. The van der Waals surface area contributed by atoms with Gasteiger partial charge in [-0.05, 0) is 54.6 Å². The van der Waals surface area contributed by atoms with Crippen LogP contribution in [0.2, 0.25) is 0 Å². The molecular weight excluding hydrogens is 402 g/mol. The minimum Gasteiger partial charge on any atom is -0.496 e. The van der Waals surface area contributed by atoms with Gasteiger partial charge in [0.2, 0.25) is 0 Å². The van der Waals surface area contributed by atoms with Crippen LogP contribution in [0, 0.1) is 11.6 Å². The van der Waals surface area contributed by atoms with Gasteiger partial charge in [0.25, 0.3) is 15.9 Å². The minimum atomic E-state index is -4.10. The molecule has 0 unspecified atom stereocenters. The van der Waals surface area contributed by atoms with E-state index in [9.17, 15) is 22.0 Å².